The molecule has 1 heterocycles. The lowest BCUT2D eigenvalue weighted by Crippen LogP contribution is -2.07. The van der Waals surface area contributed by atoms with Gasteiger partial charge in [0, 0.05) is 0 Å². The number of fused-ring (bicyclic) bond motifs is 1. The van der Waals surface area contributed by atoms with E-state index in [0.29, 0.717) is 29.5 Å². The van der Waals surface area contributed by atoms with Crippen LogP contribution in [0.3, 0.4) is 0 Å². The van der Waals surface area contributed by atoms with Crippen molar-refractivity contribution in [2.45, 2.75) is 26.9 Å². The molecule has 0 saturated heterocycles. The Kier molecular flexibility index (Phi) is 5.23. The highest BCUT2D eigenvalue weighted by Gasteiger charge is 2.11. The first-order valence-corrected chi connectivity index (χ1v) is 8.61. The first-order chi connectivity index (χ1) is 12.6. The Balaban J connectivity index is 1.98. The van der Waals surface area contributed by atoms with Gasteiger partial charge >= 0.3 is 0 Å². The number of nitrogens with zero attached hydrogens (tertiary/aromatic N) is 2. The van der Waals surface area contributed by atoms with Gasteiger partial charge in [0.15, 0.2) is 11.5 Å². The molecule has 1 aromatic heterocycles. The Bertz CT molecular complexity index is 947. The van der Waals surface area contributed by atoms with Crippen LogP contribution in [0.2, 0.25) is 0 Å². The van der Waals surface area contributed by atoms with Gasteiger partial charge in [-0.05, 0) is 56.7 Å². The summed E-state index contributed by atoms with van der Waals surface area (Å²) in [6.07, 6.45) is 1.85. The third-order valence-electron chi connectivity index (χ3n) is 3.71. The molecule has 0 unspecified atom stereocenters. The van der Waals surface area contributed by atoms with Gasteiger partial charge in [0.2, 0.25) is 0 Å². The highest BCUT2D eigenvalue weighted by Crippen LogP contribution is 2.31. The molecule has 5 nitrogen and oxygen atoms in total. The van der Waals surface area contributed by atoms with Gasteiger partial charge < -0.3 is 14.5 Å². The molecule has 5 heteroatoms. The van der Waals surface area contributed by atoms with Crippen molar-refractivity contribution in [1.82, 2.24) is 9.97 Å². The van der Waals surface area contributed by atoms with Crippen molar-refractivity contribution in [3.05, 3.63) is 53.9 Å². The van der Waals surface area contributed by atoms with Gasteiger partial charge in [0.05, 0.1) is 29.3 Å². The Morgan fingerprint density at radius 1 is 1.23 bits per heavy atom. The molecule has 2 aromatic carbocycles. The van der Waals surface area contributed by atoms with Gasteiger partial charge in [-0.3, -0.25) is 0 Å². The minimum atomic E-state index is 0.0563. The van der Waals surface area contributed by atoms with E-state index in [1.807, 2.05) is 63.2 Å². The highest BCUT2D eigenvalue weighted by molar-refractivity contribution is 5.90. The lowest BCUT2D eigenvalue weighted by molar-refractivity contribution is 0.224. The molecule has 0 aliphatic rings. The normalized spacial score (nSPS) is 11.6. The van der Waals surface area contributed by atoms with Crippen LogP contribution in [0.5, 0.6) is 11.5 Å². The summed E-state index contributed by atoms with van der Waals surface area (Å²) < 4.78 is 11.5. The van der Waals surface area contributed by atoms with E-state index in [4.69, 9.17) is 9.47 Å². The monoisotopic (exact) mass is 347 g/mol. The van der Waals surface area contributed by atoms with Crippen LogP contribution in [0.4, 0.5) is 0 Å². The second-order valence-corrected chi connectivity index (χ2v) is 6.08. The lowest BCUT2D eigenvalue weighted by atomic mass is 10.1. The van der Waals surface area contributed by atoms with E-state index < -0.39 is 0 Å². The number of imidazole rings is 1. The molecule has 0 bridgehead atoms. The number of ether oxygens (including phenoxy) is 2. The van der Waals surface area contributed by atoms with Crippen LogP contribution in [-0.2, 0) is 0 Å². The Hall–Kier alpha value is -3.26. The van der Waals surface area contributed by atoms with E-state index in [-0.39, 0.29) is 6.10 Å². The van der Waals surface area contributed by atoms with E-state index in [1.165, 1.54) is 0 Å². The third kappa shape index (κ3) is 3.86. The van der Waals surface area contributed by atoms with Gasteiger partial charge in [0.25, 0.3) is 0 Å². The zero-order valence-electron chi connectivity index (χ0n) is 15.1. The fourth-order valence-corrected chi connectivity index (χ4v) is 2.63. The van der Waals surface area contributed by atoms with Crippen molar-refractivity contribution >= 4 is 22.7 Å². The van der Waals surface area contributed by atoms with Crippen LogP contribution in [0.25, 0.3) is 22.7 Å². The molecule has 0 atom stereocenters. The molecule has 3 aromatic rings. The largest absolute Gasteiger partial charge is 0.490 e. The number of nitriles is 1. The van der Waals surface area contributed by atoms with Crippen LogP contribution in [-0.4, -0.2) is 22.7 Å². The zero-order chi connectivity index (χ0) is 18.5. The molecular formula is C21H21N3O2. The van der Waals surface area contributed by atoms with E-state index in [2.05, 4.69) is 16.0 Å². The zero-order valence-corrected chi connectivity index (χ0v) is 15.1. The molecule has 1 N–H and O–H groups in total. The summed E-state index contributed by atoms with van der Waals surface area (Å²) in [6, 6.07) is 15.6. The van der Waals surface area contributed by atoms with Crippen LogP contribution in [0.15, 0.2) is 42.5 Å². The molecule has 132 valence electrons. The number of H-pyrrole nitrogens is 1. The standard InChI is InChI=1S/C21H21N3O2/c1-4-25-20-12-15(9-10-19(20)26-14(2)3)11-16(13-22)21-23-17-7-5-6-8-18(17)24-21/h5-12,14H,4H2,1-3H3,(H,23,24)/b16-11+. The number of benzene rings is 2. The molecule has 0 fully saturated rings. The predicted molar refractivity (Wildman–Crippen MR) is 103 cm³/mol. The first kappa shape index (κ1) is 17.6. The van der Waals surface area contributed by atoms with Crippen molar-refractivity contribution in [3.8, 4) is 17.6 Å². The Morgan fingerprint density at radius 3 is 2.73 bits per heavy atom. The molecule has 0 radical (unpaired) electrons. The quantitative estimate of drug-likeness (QED) is 0.649. The van der Waals surface area contributed by atoms with E-state index in [0.717, 1.165) is 16.6 Å². The molecule has 0 amide bonds. The van der Waals surface area contributed by atoms with Crippen LogP contribution in [0.1, 0.15) is 32.2 Å². The fraction of sp³-hybridized carbons (Fsp3) is 0.238. The summed E-state index contributed by atoms with van der Waals surface area (Å²) in [6.45, 7) is 6.41. The number of rotatable bonds is 6. The van der Waals surface area contributed by atoms with Crippen LogP contribution in [0, 0.1) is 11.3 Å². The molecule has 26 heavy (non-hydrogen) atoms. The number of hydrogen-bond acceptors (Lipinski definition) is 4. The van der Waals surface area contributed by atoms with Gasteiger partial charge in [-0.25, -0.2) is 4.98 Å². The molecule has 0 aliphatic heterocycles. The van der Waals surface area contributed by atoms with E-state index in [9.17, 15) is 5.26 Å². The van der Waals surface area contributed by atoms with Gasteiger partial charge in [0.1, 0.15) is 11.9 Å². The SMILES string of the molecule is CCOc1cc(/C=C(\C#N)c2nc3ccccc3[nH]2)ccc1OC(C)C. The predicted octanol–water partition coefficient (Wildman–Crippen LogP) is 4.81. The summed E-state index contributed by atoms with van der Waals surface area (Å²) in [4.78, 5) is 7.68. The maximum atomic E-state index is 9.58. The van der Waals surface area contributed by atoms with Gasteiger partial charge in [-0.1, -0.05) is 18.2 Å². The molecule has 0 aliphatic carbocycles. The number of aromatic amines is 1. The summed E-state index contributed by atoms with van der Waals surface area (Å²) in [5.74, 6) is 1.91. The average Bonchev–Trinajstić information content (AvgIpc) is 3.05. The smallest absolute Gasteiger partial charge is 0.161 e. The van der Waals surface area contributed by atoms with Crippen molar-refractivity contribution in [2.75, 3.05) is 6.61 Å². The van der Waals surface area contributed by atoms with Crippen molar-refractivity contribution in [3.63, 3.8) is 0 Å². The van der Waals surface area contributed by atoms with E-state index in [1.54, 1.807) is 6.08 Å². The maximum absolute atomic E-state index is 9.58. The molecule has 3 rings (SSSR count). The van der Waals surface area contributed by atoms with E-state index >= 15 is 0 Å². The summed E-state index contributed by atoms with van der Waals surface area (Å²) in [5.41, 5.74) is 3.04. The number of nitrogens with one attached hydrogen (secondary N) is 1. The summed E-state index contributed by atoms with van der Waals surface area (Å²) >= 11 is 0. The van der Waals surface area contributed by atoms with Crippen molar-refractivity contribution in [2.24, 2.45) is 0 Å². The Morgan fingerprint density at radius 2 is 2.04 bits per heavy atom. The number of hydrogen-bond donors (Lipinski definition) is 1. The van der Waals surface area contributed by atoms with Gasteiger partial charge in [-0.2, -0.15) is 5.26 Å². The highest BCUT2D eigenvalue weighted by atomic mass is 16.5. The number of aromatic nitrogens is 2. The fourth-order valence-electron chi connectivity index (χ4n) is 2.63. The van der Waals surface area contributed by atoms with Gasteiger partial charge in [-0.15, -0.1) is 0 Å². The van der Waals surface area contributed by atoms with Crippen LogP contribution < -0.4 is 9.47 Å². The number of allylic oxidation sites excluding steroid dienone is 1. The second kappa shape index (κ2) is 7.75. The average molecular weight is 347 g/mol. The lowest BCUT2D eigenvalue weighted by Gasteiger charge is -2.15. The first-order valence-electron chi connectivity index (χ1n) is 8.61. The third-order valence-corrected chi connectivity index (χ3v) is 3.71. The minimum Gasteiger partial charge on any atom is -0.490 e. The summed E-state index contributed by atoms with van der Waals surface area (Å²) in [5, 5.41) is 9.58. The molecule has 0 spiro atoms. The van der Waals surface area contributed by atoms with Crippen LogP contribution >= 0.6 is 0 Å². The van der Waals surface area contributed by atoms with Crippen molar-refractivity contribution in [1.29, 1.82) is 5.26 Å². The second-order valence-electron chi connectivity index (χ2n) is 6.08. The summed E-state index contributed by atoms with van der Waals surface area (Å²) in [7, 11) is 0. The Labute approximate surface area is 152 Å². The molecule has 0 saturated carbocycles. The maximum Gasteiger partial charge on any atom is 0.161 e. The van der Waals surface area contributed by atoms with Crippen molar-refractivity contribution < 1.29 is 9.47 Å². The minimum absolute atomic E-state index is 0.0563. The number of para-hydroxylation sites is 2. The molecular weight excluding hydrogens is 326 g/mol. The topological polar surface area (TPSA) is 70.9 Å².